The normalized spacial score (nSPS) is 13.7. The van der Waals surface area contributed by atoms with Gasteiger partial charge in [-0.3, -0.25) is 9.51 Å². The highest BCUT2D eigenvalue weighted by Gasteiger charge is 2.22. The third-order valence-electron chi connectivity index (χ3n) is 3.32. The van der Waals surface area contributed by atoms with Crippen molar-refractivity contribution in [1.82, 2.24) is 4.98 Å². The first-order chi connectivity index (χ1) is 11.1. The molecule has 3 aromatic rings. The summed E-state index contributed by atoms with van der Waals surface area (Å²) in [6, 6.07) is 17.2. The summed E-state index contributed by atoms with van der Waals surface area (Å²) in [7, 11) is 0. The van der Waals surface area contributed by atoms with E-state index in [1.165, 1.54) is 0 Å². The fraction of sp³-hybridized carbons (Fsp3) is 0.118. The van der Waals surface area contributed by atoms with Gasteiger partial charge in [0.25, 0.3) is 0 Å². The standard InChI is InChI=1S/C17H16NO3PS/c1-2-20-22(19,23)21-16-11-4-3-9-14(16)15-10-5-7-13-8-6-12-18-17(13)15/h3-12H,2H2,1H3,(H,19,23). The van der Waals surface area contributed by atoms with Crippen LogP contribution < -0.4 is 4.52 Å². The van der Waals surface area contributed by atoms with Crippen molar-refractivity contribution >= 4 is 29.9 Å². The van der Waals surface area contributed by atoms with Gasteiger partial charge < -0.3 is 4.52 Å². The fourth-order valence-electron chi connectivity index (χ4n) is 2.40. The highest BCUT2D eigenvalue weighted by Crippen LogP contribution is 2.54. The summed E-state index contributed by atoms with van der Waals surface area (Å²) in [5, 5.41) is 1.03. The van der Waals surface area contributed by atoms with Crippen molar-refractivity contribution in [2.45, 2.75) is 6.92 Å². The van der Waals surface area contributed by atoms with Crippen LogP contribution in [0.1, 0.15) is 6.92 Å². The SMILES string of the molecule is CCOP(=O)(S)Oc1ccccc1-c1cccc2cccnc12. The lowest BCUT2D eigenvalue weighted by Crippen LogP contribution is -1.95. The van der Waals surface area contributed by atoms with Crippen molar-refractivity contribution in [3.63, 3.8) is 0 Å². The maximum absolute atomic E-state index is 12.2. The Kier molecular flexibility index (Phi) is 4.71. The summed E-state index contributed by atoms with van der Waals surface area (Å²) in [6.45, 7) is -1.44. The first kappa shape index (κ1) is 16.1. The van der Waals surface area contributed by atoms with E-state index in [0.29, 0.717) is 5.75 Å². The van der Waals surface area contributed by atoms with Gasteiger partial charge in [0.05, 0.1) is 12.1 Å². The van der Waals surface area contributed by atoms with Gasteiger partial charge in [0, 0.05) is 22.7 Å². The molecular weight excluding hydrogens is 329 g/mol. The highest BCUT2D eigenvalue weighted by molar-refractivity contribution is 8.44. The molecule has 2 aromatic carbocycles. The van der Waals surface area contributed by atoms with Gasteiger partial charge in [-0.1, -0.05) is 42.5 Å². The van der Waals surface area contributed by atoms with E-state index in [9.17, 15) is 4.57 Å². The van der Waals surface area contributed by atoms with E-state index in [4.69, 9.17) is 9.05 Å². The van der Waals surface area contributed by atoms with Crippen LogP contribution >= 0.6 is 19.0 Å². The molecule has 0 fully saturated rings. The first-order valence-corrected chi connectivity index (χ1v) is 9.90. The zero-order valence-corrected chi connectivity index (χ0v) is 14.3. The molecule has 0 aliphatic heterocycles. The molecule has 0 saturated heterocycles. The van der Waals surface area contributed by atoms with E-state index in [2.05, 4.69) is 17.2 Å². The second-order valence-electron chi connectivity index (χ2n) is 4.85. The Morgan fingerprint density at radius 2 is 1.78 bits per heavy atom. The summed E-state index contributed by atoms with van der Waals surface area (Å²) in [4.78, 5) is 4.46. The zero-order chi connectivity index (χ0) is 16.3. The molecule has 6 heteroatoms. The van der Waals surface area contributed by atoms with Gasteiger partial charge in [0.15, 0.2) is 0 Å². The largest absolute Gasteiger partial charge is 0.437 e. The van der Waals surface area contributed by atoms with Crippen LogP contribution in [-0.4, -0.2) is 11.6 Å². The minimum atomic E-state index is -3.45. The topological polar surface area (TPSA) is 48.4 Å². The van der Waals surface area contributed by atoms with Crippen LogP contribution in [-0.2, 0) is 9.09 Å². The van der Waals surface area contributed by atoms with E-state index < -0.39 is 6.80 Å². The average Bonchev–Trinajstić information content (AvgIpc) is 2.54. The van der Waals surface area contributed by atoms with Crippen LogP contribution in [0.15, 0.2) is 60.8 Å². The molecule has 1 heterocycles. The summed E-state index contributed by atoms with van der Waals surface area (Å²) in [6.07, 6.45) is 1.75. The molecular formula is C17H16NO3PS. The van der Waals surface area contributed by atoms with E-state index in [1.807, 2.05) is 48.5 Å². The molecule has 0 bridgehead atoms. The molecule has 0 N–H and O–H groups in total. The Hall–Kier alpha value is -1.81. The van der Waals surface area contributed by atoms with E-state index in [0.717, 1.165) is 22.0 Å². The molecule has 0 aliphatic rings. The molecule has 1 atom stereocenters. The van der Waals surface area contributed by atoms with E-state index in [-0.39, 0.29) is 6.61 Å². The first-order valence-electron chi connectivity index (χ1n) is 7.21. The predicted octanol–water partition coefficient (Wildman–Crippen LogP) is 5.36. The lowest BCUT2D eigenvalue weighted by Gasteiger charge is -2.16. The van der Waals surface area contributed by atoms with Gasteiger partial charge in [-0.25, -0.2) is 4.57 Å². The van der Waals surface area contributed by atoms with Crippen LogP contribution in [0, 0.1) is 0 Å². The minimum absolute atomic E-state index is 0.263. The van der Waals surface area contributed by atoms with Gasteiger partial charge in [0.1, 0.15) is 5.75 Å². The van der Waals surface area contributed by atoms with E-state index in [1.54, 1.807) is 19.2 Å². The highest BCUT2D eigenvalue weighted by atomic mass is 32.7. The van der Waals surface area contributed by atoms with Gasteiger partial charge in [-0.05, 0) is 31.3 Å². The zero-order valence-electron chi connectivity index (χ0n) is 12.5. The molecule has 23 heavy (non-hydrogen) atoms. The number of hydrogen-bond acceptors (Lipinski definition) is 4. The van der Waals surface area contributed by atoms with Crippen molar-refractivity contribution in [2.75, 3.05) is 6.61 Å². The Labute approximate surface area is 140 Å². The predicted molar refractivity (Wildman–Crippen MR) is 96.0 cm³/mol. The Morgan fingerprint density at radius 3 is 2.61 bits per heavy atom. The Bertz CT molecular complexity index is 879. The number of hydrogen-bond donors (Lipinski definition) is 1. The van der Waals surface area contributed by atoms with Crippen LogP contribution in [0.2, 0.25) is 0 Å². The number of thiol groups is 1. The quantitative estimate of drug-likeness (QED) is 0.500. The third-order valence-corrected chi connectivity index (χ3v) is 4.92. The lowest BCUT2D eigenvalue weighted by atomic mass is 10.0. The average molecular weight is 345 g/mol. The van der Waals surface area contributed by atoms with E-state index >= 15 is 0 Å². The Morgan fingerprint density at radius 1 is 1.04 bits per heavy atom. The summed E-state index contributed by atoms with van der Waals surface area (Å²) in [5.41, 5.74) is 2.56. The Balaban J connectivity index is 2.12. The van der Waals surface area contributed by atoms with Crippen LogP contribution in [0.25, 0.3) is 22.0 Å². The number of benzene rings is 2. The van der Waals surface area contributed by atoms with Gasteiger partial charge >= 0.3 is 6.80 Å². The maximum atomic E-state index is 12.2. The second kappa shape index (κ2) is 6.75. The summed E-state index contributed by atoms with van der Waals surface area (Å²) < 4.78 is 22.9. The monoisotopic (exact) mass is 345 g/mol. The smallest absolute Gasteiger partial charge is 0.416 e. The fourth-order valence-corrected chi connectivity index (χ4v) is 3.80. The molecule has 1 aromatic heterocycles. The van der Waals surface area contributed by atoms with Crippen LogP contribution in [0.3, 0.4) is 0 Å². The maximum Gasteiger partial charge on any atom is 0.437 e. The molecule has 0 saturated carbocycles. The second-order valence-corrected chi connectivity index (χ2v) is 7.70. The molecule has 118 valence electrons. The van der Waals surface area contributed by atoms with Crippen LogP contribution in [0.4, 0.5) is 0 Å². The molecule has 4 nitrogen and oxygen atoms in total. The third kappa shape index (κ3) is 3.58. The molecule has 0 aliphatic carbocycles. The molecule has 0 spiro atoms. The minimum Gasteiger partial charge on any atom is -0.416 e. The van der Waals surface area contributed by atoms with Gasteiger partial charge in [-0.2, -0.15) is 0 Å². The summed E-state index contributed by atoms with van der Waals surface area (Å²) in [5.74, 6) is 0.456. The van der Waals surface area contributed by atoms with Crippen LogP contribution in [0.5, 0.6) is 5.75 Å². The number of aromatic nitrogens is 1. The van der Waals surface area contributed by atoms with Crippen molar-refractivity contribution in [3.8, 4) is 16.9 Å². The van der Waals surface area contributed by atoms with Crippen molar-refractivity contribution in [1.29, 1.82) is 0 Å². The van der Waals surface area contributed by atoms with Crippen molar-refractivity contribution < 1.29 is 13.6 Å². The molecule has 0 radical (unpaired) electrons. The lowest BCUT2D eigenvalue weighted by molar-refractivity contribution is 0.297. The van der Waals surface area contributed by atoms with Gasteiger partial charge in [0.2, 0.25) is 0 Å². The number of para-hydroxylation sites is 2. The van der Waals surface area contributed by atoms with Crippen molar-refractivity contribution in [2.24, 2.45) is 0 Å². The molecule has 3 rings (SSSR count). The summed E-state index contributed by atoms with van der Waals surface area (Å²) >= 11 is 4.01. The number of pyridine rings is 1. The number of fused-ring (bicyclic) bond motifs is 1. The molecule has 0 amide bonds. The molecule has 1 unspecified atom stereocenters. The van der Waals surface area contributed by atoms with Gasteiger partial charge in [-0.15, -0.1) is 0 Å². The number of rotatable bonds is 5. The van der Waals surface area contributed by atoms with Crippen molar-refractivity contribution in [3.05, 3.63) is 60.8 Å². The number of nitrogens with zero attached hydrogens (tertiary/aromatic N) is 1.